The number of carbonyl (C=O) groups is 1. The van der Waals surface area contributed by atoms with Gasteiger partial charge in [-0.15, -0.1) is 0 Å². The molecule has 1 fully saturated rings. The smallest absolute Gasteiger partial charge is 0.321 e. The van der Waals surface area contributed by atoms with Crippen LogP contribution in [0.4, 0.5) is 0 Å². The van der Waals surface area contributed by atoms with Crippen LogP contribution in [0.25, 0.3) is 0 Å². The van der Waals surface area contributed by atoms with Gasteiger partial charge in [-0.2, -0.15) is 0 Å². The van der Waals surface area contributed by atoms with E-state index in [4.69, 9.17) is 27.9 Å². The Kier molecular flexibility index (Phi) is 5.13. The van der Waals surface area contributed by atoms with Crippen LogP contribution in [0.1, 0.15) is 13.3 Å². The SMILES string of the molecule is CC1CCN(CCOc2ccc(Cl)cc2Cl)C1C(=O)O. The molecule has 0 amide bonds. The van der Waals surface area contributed by atoms with E-state index in [1.807, 2.05) is 11.8 Å². The Morgan fingerprint density at radius 1 is 1.50 bits per heavy atom. The Bertz CT molecular complexity index is 495. The lowest BCUT2D eigenvalue weighted by atomic mass is 10.0. The molecule has 0 spiro atoms. The predicted molar refractivity (Wildman–Crippen MR) is 78.7 cm³/mol. The van der Waals surface area contributed by atoms with Crippen LogP contribution in [0.3, 0.4) is 0 Å². The number of hydrogen-bond acceptors (Lipinski definition) is 3. The molecule has 1 aromatic rings. The lowest BCUT2D eigenvalue weighted by Gasteiger charge is -2.23. The zero-order valence-electron chi connectivity index (χ0n) is 11.2. The summed E-state index contributed by atoms with van der Waals surface area (Å²) < 4.78 is 5.59. The van der Waals surface area contributed by atoms with E-state index in [0.29, 0.717) is 28.9 Å². The van der Waals surface area contributed by atoms with E-state index >= 15 is 0 Å². The van der Waals surface area contributed by atoms with Crippen molar-refractivity contribution in [1.82, 2.24) is 4.90 Å². The van der Waals surface area contributed by atoms with Crippen molar-refractivity contribution < 1.29 is 14.6 Å². The first kappa shape index (κ1) is 15.4. The van der Waals surface area contributed by atoms with Gasteiger partial charge in [-0.1, -0.05) is 30.1 Å². The fourth-order valence-corrected chi connectivity index (χ4v) is 3.00. The van der Waals surface area contributed by atoms with Gasteiger partial charge < -0.3 is 9.84 Å². The largest absolute Gasteiger partial charge is 0.491 e. The highest BCUT2D eigenvalue weighted by Gasteiger charge is 2.36. The van der Waals surface area contributed by atoms with Crippen molar-refractivity contribution in [2.75, 3.05) is 19.7 Å². The number of benzene rings is 1. The van der Waals surface area contributed by atoms with Gasteiger partial charge in [0, 0.05) is 11.6 Å². The minimum absolute atomic E-state index is 0.173. The summed E-state index contributed by atoms with van der Waals surface area (Å²) in [7, 11) is 0. The van der Waals surface area contributed by atoms with Gasteiger partial charge in [0.25, 0.3) is 0 Å². The molecule has 0 aromatic heterocycles. The number of halogens is 2. The Hall–Kier alpha value is -0.970. The molecule has 1 N–H and O–H groups in total. The van der Waals surface area contributed by atoms with E-state index in [0.717, 1.165) is 13.0 Å². The molecule has 1 aliphatic rings. The summed E-state index contributed by atoms with van der Waals surface area (Å²) >= 11 is 11.8. The highest BCUT2D eigenvalue weighted by Crippen LogP contribution is 2.28. The van der Waals surface area contributed by atoms with E-state index in [9.17, 15) is 9.90 Å². The van der Waals surface area contributed by atoms with Crippen LogP contribution in [0, 0.1) is 5.92 Å². The molecule has 1 heterocycles. The van der Waals surface area contributed by atoms with Crippen molar-refractivity contribution >= 4 is 29.2 Å². The van der Waals surface area contributed by atoms with E-state index in [1.165, 1.54) is 0 Å². The van der Waals surface area contributed by atoms with E-state index < -0.39 is 12.0 Å². The van der Waals surface area contributed by atoms with Crippen LogP contribution in [0.5, 0.6) is 5.75 Å². The summed E-state index contributed by atoms with van der Waals surface area (Å²) in [4.78, 5) is 13.2. The summed E-state index contributed by atoms with van der Waals surface area (Å²) in [6, 6.07) is 4.63. The van der Waals surface area contributed by atoms with Crippen molar-refractivity contribution in [2.45, 2.75) is 19.4 Å². The minimum atomic E-state index is -0.764. The molecule has 1 saturated heterocycles. The van der Waals surface area contributed by atoms with Gasteiger partial charge >= 0.3 is 5.97 Å². The second kappa shape index (κ2) is 6.66. The van der Waals surface area contributed by atoms with Gasteiger partial charge in [-0.05, 0) is 37.1 Å². The fraction of sp³-hybridized carbons (Fsp3) is 0.500. The van der Waals surface area contributed by atoms with Crippen molar-refractivity contribution in [2.24, 2.45) is 5.92 Å². The maximum Gasteiger partial charge on any atom is 0.321 e. The van der Waals surface area contributed by atoms with Gasteiger partial charge in [-0.25, -0.2) is 0 Å². The molecule has 2 unspecified atom stereocenters. The number of hydrogen-bond donors (Lipinski definition) is 1. The molecule has 4 nitrogen and oxygen atoms in total. The first-order valence-corrected chi connectivity index (χ1v) is 7.29. The van der Waals surface area contributed by atoms with Gasteiger partial charge in [-0.3, -0.25) is 9.69 Å². The zero-order valence-corrected chi connectivity index (χ0v) is 12.7. The molecule has 0 saturated carbocycles. The summed E-state index contributed by atoms with van der Waals surface area (Å²) in [5.41, 5.74) is 0. The minimum Gasteiger partial charge on any atom is -0.491 e. The van der Waals surface area contributed by atoms with Crippen LogP contribution >= 0.6 is 23.2 Å². The van der Waals surface area contributed by atoms with E-state index in [1.54, 1.807) is 18.2 Å². The van der Waals surface area contributed by atoms with Crippen LogP contribution < -0.4 is 4.74 Å². The number of ether oxygens (including phenoxy) is 1. The monoisotopic (exact) mass is 317 g/mol. The lowest BCUT2D eigenvalue weighted by Crippen LogP contribution is -2.41. The molecule has 0 aliphatic carbocycles. The third-order valence-electron chi connectivity index (χ3n) is 3.59. The molecule has 20 heavy (non-hydrogen) atoms. The summed E-state index contributed by atoms with van der Waals surface area (Å²) in [5, 5.41) is 10.2. The van der Waals surface area contributed by atoms with Crippen molar-refractivity contribution in [3.63, 3.8) is 0 Å². The highest BCUT2D eigenvalue weighted by molar-refractivity contribution is 6.35. The lowest BCUT2D eigenvalue weighted by molar-refractivity contribution is -0.143. The van der Waals surface area contributed by atoms with Gasteiger partial charge in [0.15, 0.2) is 0 Å². The third-order valence-corrected chi connectivity index (χ3v) is 4.12. The van der Waals surface area contributed by atoms with Crippen LogP contribution in [0.15, 0.2) is 18.2 Å². The Labute approximate surface area is 128 Å². The van der Waals surface area contributed by atoms with Gasteiger partial charge in [0.05, 0.1) is 5.02 Å². The second-order valence-corrected chi connectivity index (χ2v) is 5.85. The summed E-state index contributed by atoms with van der Waals surface area (Å²) in [6.45, 7) is 3.73. The molecule has 0 radical (unpaired) electrons. The molecule has 0 bridgehead atoms. The number of nitrogens with zero attached hydrogens (tertiary/aromatic N) is 1. The average Bonchev–Trinajstić information content (AvgIpc) is 2.73. The van der Waals surface area contributed by atoms with E-state index in [2.05, 4.69) is 0 Å². The maximum atomic E-state index is 11.2. The Balaban J connectivity index is 1.88. The Morgan fingerprint density at radius 3 is 2.90 bits per heavy atom. The van der Waals surface area contributed by atoms with Crippen LogP contribution in [-0.4, -0.2) is 41.7 Å². The van der Waals surface area contributed by atoms with Crippen molar-refractivity contribution in [3.05, 3.63) is 28.2 Å². The van der Waals surface area contributed by atoms with E-state index in [-0.39, 0.29) is 5.92 Å². The summed E-state index contributed by atoms with van der Waals surface area (Å²) in [5.74, 6) is -0.0265. The van der Waals surface area contributed by atoms with Gasteiger partial charge in [0.2, 0.25) is 0 Å². The molecule has 2 rings (SSSR count). The number of carboxylic acids is 1. The predicted octanol–water partition coefficient (Wildman–Crippen LogP) is 3.17. The second-order valence-electron chi connectivity index (χ2n) is 5.01. The number of likely N-dealkylation sites (tertiary alicyclic amines) is 1. The number of rotatable bonds is 5. The first-order chi connectivity index (χ1) is 9.49. The number of aliphatic carboxylic acids is 1. The number of carboxylic acid groups (broad SMARTS) is 1. The normalized spacial score (nSPS) is 22.9. The first-order valence-electron chi connectivity index (χ1n) is 6.53. The fourth-order valence-electron chi connectivity index (χ4n) is 2.54. The molecule has 2 atom stereocenters. The van der Waals surface area contributed by atoms with Crippen molar-refractivity contribution in [1.29, 1.82) is 0 Å². The third kappa shape index (κ3) is 3.57. The Morgan fingerprint density at radius 2 is 2.25 bits per heavy atom. The van der Waals surface area contributed by atoms with Crippen LogP contribution in [-0.2, 0) is 4.79 Å². The quantitative estimate of drug-likeness (QED) is 0.906. The average molecular weight is 318 g/mol. The summed E-state index contributed by atoms with van der Waals surface area (Å²) in [6.07, 6.45) is 0.901. The van der Waals surface area contributed by atoms with Crippen molar-refractivity contribution in [3.8, 4) is 5.75 Å². The molecular formula is C14H17Cl2NO3. The molecular weight excluding hydrogens is 301 g/mol. The maximum absolute atomic E-state index is 11.2. The topological polar surface area (TPSA) is 49.8 Å². The highest BCUT2D eigenvalue weighted by atomic mass is 35.5. The molecule has 1 aromatic carbocycles. The molecule has 1 aliphatic heterocycles. The molecule has 110 valence electrons. The molecule has 6 heteroatoms. The van der Waals surface area contributed by atoms with Crippen LogP contribution in [0.2, 0.25) is 10.0 Å². The zero-order chi connectivity index (χ0) is 14.7. The standard InChI is InChI=1S/C14H17Cl2NO3/c1-9-4-5-17(13(9)14(18)19)6-7-20-12-3-2-10(15)8-11(12)16/h2-3,8-9,13H,4-7H2,1H3,(H,18,19). The van der Waals surface area contributed by atoms with Gasteiger partial charge in [0.1, 0.15) is 18.4 Å².